The maximum atomic E-state index is 11.9. The summed E-state index contributed by atoms with van der Waals surface area (Å²) in [4.78, 5) is 18.2. The number of nitrogens with two attached hydrogens (primary N) is 1. The molecule has 3 rings (SSSR count). The van der Waals surface area contributed by atoms with Crippen LogP contribution in [-0.4, -0.2) is 9.66 Å². The van der Waals surface area contributed by atoms with Crippen LogP contribution in [0, 0.1) is 0 Å². The van der Waals surface area contributed by atoms with Crippen molar-refractivity contribution in [3.63, 3.8) is 0 Å². The minimum atomic E-state index is -0.112. The molecule has 0 atom stereocenters. The Morgan fingerprint density at radius 2 is 2.20 bits per heavy atom. The van der Waals surface area contributed by atoms with Gasteiger partial charge in [0.15, 0.2) is 0 Å². The molecule has 4 nitrogen and oxygen atoms in total. The molecule has 2 heterocycles. The number of hydrogen-bond donors (Lipinski definition) is 1. The molecular weight excluding hydrogens is 210 g/mol. The molecule has 15 heavy (non-hydrogen) atoms. The zero-order valence-electron chi connectivity index (χ0n) is 8.19. The van der Waals surface area contributed by atoms with Gasteiger partial charge in [0.1, 0.15) is 11.2 Å². The van der Waals surface area contributed by atoms with Gasteiger partial charge in [-0.2, -0.15) is 0 Å². The number of nitrogen functional groups attached to an aromatic ring is 1. The molecule has 0 radical (unpaired) electrons. The zero-order chi connectivity index (χ0) is 10.4. The minimum Gasteiger partial charge on any atom is -0.335 e. The fourth-order valence-corrected chi connectivity index (χ4v) is 3.38. The van der Waals surface area contributed by atoms with Gasteiger partial charge in [-0.15, -0.1) is 11.3 Å². The van der Waals surface area contributed by atoms with E-state index in [4.69, 9.17) is 5.84 Å². The topological polar surface area (TPSA) is 60.9 Å². The van der Waals surface area contributed by atoms with Crippen LogP contribution >= 0.6 is 11.3 Å². The summed E-state index contributed by atoms with van der Waals surface area (Å²) in [5.74, 6) is 5.52. The van der Waals surface area contributed by atoms with Crippen molar-refractivity contribution in [2.24, 2.45) is 0 Å². The van der Waals surface area contributed by atoms with Crippen molar-refractivity contribution < 1.29 is 0 Å². The lowest BCUT2D eigenvalue weighted by Gasteiger charge is -2.09. The molecule has 1 aliphatic carbocycles. The van der Waals surface area contributed by atoms with E-state index in [1.807, 2.05) is 0 Å². The number of fused-ring (bicyclic) bond motifs is 3. The van der Waals surface area contributed by atoms with Crippen molar-refractivity contribution in [2.45, 2.75) is 25.7 Å². The summed E-state index contributed by atoms with van der Waals surface area (Å²) in [5, 5.41) is 0.750. The zero-order valence-corrected chi connectivity index (χ0v) is 9.01. The van der Waals surface area contributed by atoms with Gasteiger partial charge in [0, 0.05) is 4.88 Å². The standard InChI is InChI=1S/C10H11N3OS/c11-13-5-12-9-8(10(13)14)6-3-1-2-4-7(6)15-9/h5H,1-4,11H2. The van der Waals surface area contributed by atoms with E-state index >= 15 is 0 Å². The second-order valence-electron chi connectivity index (χ2n) is 3.85. The lowest BCUT2D eigenvalue weighted by atomic mass is 9.97. The van der Waals surface area contributed by atoms with Gasteiger partial charge in [-0.25, -0.2) is 9.66 Å². The monoisotopic (exact) mass is 221 g/mol. The van der Waals surface area contributed by atoms with Crippen LogP contribution in [0.15, 0.2) is 11.1 Å². The maximum Gasteiger partial charge on any atom is 0.280 e. The van der Waals surface area contributed by atoms with Gasteiger partial charge in [0.25, 0.3) is 5.56 Å². The first-order chi connectivity index (χ1) is 7.27. The van der Waals surface area contributed by atoms with Gasteiger partial charge in [0.05, 0.1) is 5.39 Å². The third-order valence-corrected chi connectivity index (χ3v) is 4.10. The summed E-state index contributed by atoms with van der Waals surface area (Å²) < 4.78 is 1.07. The van der Waals surface area contributed by atoms with Crippen molar-refractivity contribution in [2.75, 3.05) is 5.84 Å². The van der Waals surface area contributed by atoms with E-state index in [-0.39, 0.29) is 5.56 Å². The van der Waals surface area contributed by atoms with Gasteiger partial charge in [-0.3, -0.25) is 4.79 Å². The molecule has 0 saturated carbocycles. The van der Waals surface area contributed by atoms with Crippen LogP contribution in [0.4, 0.5) is 0 Å². The molecule has 0 bridgehead atoms. The molecule has 0 aliphatic heterocycles. The summed E-state index contributed by atoms with van der Waals surface area (Å²) in [6, 6.07) is 0. The molecule has 0 unspecified atom stereocenters. The van der Waals surface area contributed by atoms with E-state index in [1.165, 1.54) is 23.2 Å². The molecular formula is C10H11N3OS. The fraction of sp³-hybridized carbons (Fsp3) is 0.400. The molecule has 0 fully saturated rings. The van der Waals surface area contributed by atoms with Crippen LogP contribution in [-0.2, 0) is 12.8 Å². The van der Waals surface area contributed by atoms with E-state index < -0.39 is 0 Å². The highest BCUT2D eigenvalue weighted by atomic mass is 32.1. The van der Waals surface area contributed by atoms with Crippen LogP contribution in [0.2, 0.25) is 0 Å². The summed E-state index contributed by atoms with van der Waals surface area (Å²) >= 11 is 1.64. The summed E-state index contributed by atoms with van der Waals surface area (Å²) in [6.07, 6.45) is 5.86. The number of aryl methyl sites for hydroxylation is 2. The summed E-state index contributed by atoms with van der Waals surface area (Å²) in [5.41, 5.74) is 1.08. The van der Waals surface area contributed by atoms with Crippen LogP contribution in [0.1, 0.15) is 23.3 Å². The third kappa shape index (κ3) is 1.19. The molecule has 0 spiro atoms. The highest BCUT2D eigenvalue weighted by Crippen LogP contribution is 2.33. The largest absolute Gasteiger partial charge is 0.335 e. The van der Waals surface area contributed by atoms with Crippen LogP contribution in [0.5, 0.6) is 0 Å². The van der Waals surface area contributed by atoms with Crippen molar-refractivity contribution in [3.05, 3.63) is 27.1 Å². The first-order valence-electron chi connectivity index (χ1n) is 5.04. The van der Waals surface area contributed by atoms with Crippen molar-refractivity contribution in [1.82, 2.24) is 9.66 Å². The molecule has 2 aromatic rings. The maximum absolute atomic E-state index is 11.9. The molecule has 2 aromatic heterocycles. The molecule has 0 aromatic carbocycles. The van der Waals surface area contributed by atoms with E-state index in [0.29, 0.717) is 0 Å². The van der Waals surface area contributed by atoms with Gasteiger partial charge >= 0.3 is 0 Å². The highest BCUT2D eigenvalue weighted by molar-refractivity contribution is 7.18. The predicted molar refractivity (Wildman–Crippen MR) is 60.7 cm³/mol. The lowest BCUT2D eigenvalue weighted by molar-refractivity contribution is 0.699. The van der Waals surface area contributed by atoms with Gasteiger partial charge in [-0.1, -0.05) is 0 Å². The average Bonchev–Trinajstić information content (AvgIpc) is 2.62. The van der Waals surface area contributed by atoms with E-state index in [2.05, 4.69) is 4.98 Å². The SMILES string of the molecule is Nn1cnc2sc3c(c2c1=O)CCCC3. The molecule has 0 amide bonds. The van der Waals surface area contributed by atoms with E-state index in [9.17, 15) is 4.79 Å². The first-order valence-corrected chi connectivity index (χ1v) is 5.86. The molecule has 0 saturated heterocycles. The summed E-state index contributed by atoms with van der Waals surface area (Å²) in [6.45, 7) is 0. The Morgan fingerprint density at radius 3 is 3.07 bits per heavy atom. The normalized spacial score (nSPS) is 15.5. The first kappa shape index (κ1) is 8.91. The number of hydrogen-bond acceptors (Lipinski definition) is 4. The Morgan fingerprint density at radius 1 is 1.40 bits per heavy atom. The fourth-order valence-electron chi connectivity index (χ4n) is 2.16. The van der Waals surface area contributed by atoms with E-state index in [0.717, 1.165) is 34.2 Å². The number of thiophene rings is 1. The van der Waals surface area contributed by atoms with Crippen molar-refractivity contribution in [3.8, 4) is 0 Å². The number of rotatable bonds is 0. The lowest BCUT2D eigenvalue weighted by Crippen LogP contribution is -2.27. The molecule has 78 valence electrons. The van der Waals surface area contributed by atoms with Crippen LogP contribution in [0.25, 0.3) is 10.2 Å². The smallest absolute Gasteiger partial charge is 0.280 e. The average molecular weight is 221 g/mol. The molecule has 1 aliphatic rings. The van der Waals surface area contributed by atoms with Gasteiger partial charge in [-0.05, 0) is 31.2 Å². The summed E-state index contributed by atoms with van der Waals surface area (Å²) in [7, 11) is 0. The van der Waals surface area contributed by atoms with Gasteiger partial charge in [0.2, 0.25) is 0 Å². The van der Waals surface area contributed by atoms with Crippen LogP contribution < -0.4 is 11.4 Å². The number of aromatic nitrogens is 2. The second-order valence-corrected chi connectivity index (χ2v) is 4.93. The molecule has 2 N–H and O–H groups in total. The Labute approximate surface area is 90.3 Å². The number of nitrogens with zero attached hydrogens (tertiary/aromatic N) is 2. The minimum absolute atomic E-state index is 0.112. The highest BCUT2D eigenvalue weighted by Gasteiger charge is 2.19. The van der Waals surface area contributed by atoms with Crippen LogP contribution in [0.3, 0.4) is 0 Å². The third-order valence-electron chi connectivity index (χ3n) is 2.90. The molecule has 5 heteroatoms. The van der Waals surface area contributed by atoms with E-state index in [1.54, 1.807) is 11.3 Å². The van der Waals surface area contributed by atoms with Gasteiger partial charge < -0.3 is 5.84 Å². The van der Waals surface area contributed by atoms with Crippen molar-refractivity contribution in [1.29, 1.82) is 0 Å². The Bertz CT molecular complexity index is 584. The quantitative estimate of drug-likeness (QED) is 0.676. The Balaban J connectivity index is 2.44. The van der Waals surface area contributed by atoms with Crippen molar-refractivity contribution >= 4 is 21.6 Å². The second kappa shape index (κ2) is 3.06. The Hall–Kier alpha value is -1.36. The Kier molecular flexibility index (Phi) is 1.82. The predicted octanol–water partition coefficient (Wildman–Crippen LogP) is 1.05.